The number of pyridine rings is 1. The highest BCUT2D eigenvalue weighted by Crippen LogP contribution is 2.22. The Bertz CT molecular complexity index is 610. The molecule has 0 aliphatic carbocycles. The van der Waals surface area contributed by atoms with Crippen LogP contribution < -0.4 is 0 Å². The van der Waals surface area contributed by atoms with Crippen molar-refractivity contribution >= 4 is 32.6 Å². The number of rotatable bonds is 3. The molecule has 4 heteroatoms. The van der Waals surface area contributed by atoms with Crippen molar-refractivity contribution in [1.29, 1.82) is 0 Å². The topological polar surface area (TPSA) is 33.2 Å². The van der Waals surface area contributed by atoms with Crippen LogP contribution in [0, 0.1) is 0 Å². The van der Waals surface area contributed by atoms with Crippen molar-refractivity contribution in [1.82, 2.24) is 9.88 Å². The molecular formula is C14H13BrN2O. The Morgan fingerprint density at radius 1 is 1.50 bits per heavy atom. The Balaban J connectivity index is 2.56. The monoisotopic (exact) mass is 304 g/mol. The molecule has 2 rings (SSSR count). The smallest absolute Gasteiger partial charge is 0.273 e. The second kappa shape index (κ2) is 5.31. The molecule has 92 valence electrons. The number of hydrogen-bond donors (Lipinski definition) is 0. The summed E-state index contributed by atoms with van der Waals surface area (Å²) in [4.78, 5) is 18.2. The predicted octanol–water partition coefficient (Wildman–Crippen LogP) is 3.26. The Labute approximate surface area is 114 Å². The van der Waals surface area contributed by atoms with Gasteiger partial charge in [-0.15, -0.1) is 6.58 Å². The summed E-state index contributed by atoms with van der Waals surface area (Å²) in [5, 5.41) is 1.86. The van der Waals surface area contributed by atoms with E-state index in [0.717, 1.165) is 10.8 Å². The third-order valence-corrected chi connectivity index (χ3v) is 3.07. The molecule has 0 N–H and O–H groups in total. The number of carbonyl (C=O) groups is 1. The molecule has 0 saturated heterocycles. The summed E-state index contributed by atoms with van der Waals surface area (Å²) in [6.07, 6.45) is 1.69. The lowest BCUT2D eigenvalue weighted by Crippen LogP contribution is -2.27. The highest BCUT2D eigenvalue weighted by Gasteiger charge is 2.16. The molecule has 0 atom stereocenters. The highest BCUT2D eigenvalue weighted by molar-refractivity contribution is 9.10. The van der Waals surface area contributed by atoms with Crippen LogP contribution in [-0.2, 0) is 0 Å². The molecule has 2 aromatic rings. The van der Waals surface area contributed by atoms with Crippen molar-refractivity contribution in [2.75, 3.05) is 13.6 Å². The number of halogens is 1. The van der Waals surface area contributed by atoms with E-state index in [0.29, 0.717) is 16.8 Å². The van der Waals surface area contributed by atoms with Crippen LogP contribution in [0.5, 0.6) is 0 Å². The predicted molar refractivity (Wildman–Crippen MR) is 76.6 cm³/mol. The summed E-state index contributed by atoms with van der Waals surface area (Å²) in [6.45, 7) is 4.13. The van der Waals surface area contributed by atoms with Gasteiger partial charge in [0.2, 0.25) is 0 Å². The largest absolute Gasteiger partial charge is 0.337 e. The molecule has 1 heterocycles. The van der Waals surface area contributed by atoms with E-state index in [4.69, 9.17) is 0 Å². The maximum atomic E-state index is 12.3. The summed E-state index contributed by atoms with van der Waals surface area (Å²) in [7, 11) is 1.74. The first-order valence-corrected chi connectivity index (χ1v) is 6.34. The molecule has 0 radical (unpaired) electrons. The number of aromatic nitrogens is 1. The number of amides is 1. The quantitative estimate of drug-likeness (QED) is 0.644. The van der Waals surface area contributed by atoms with Crippen molar-refractivity contribution < 1.29 is 4.79 Å². The van der Waals surface area contributed by atoms with Gasteiger partial charge in [-0.25, -0.2) is 4.98 Å². The second-order valence-corrected chi connectivity index (χ2v) is 4.80. The first kappa shape index (κ1) is 12.8. The normalized spacial score (nSPS) is 10.3. The maximum Gasteiger partial charge on any atom is 0.273 e. The molecule has 18 heavy (non-hydrogen) atoms. The summed E-state index contributed by atoms with van der Waals surface area (Å²) in [5.41, 5.74) is 0.462. The molecule has 0 aliphatic heterocycles. The molecule has 0 spiro atoms. The molecule has 0 saturated carbocycles. The Morgan fingerprint density at radius 3 is 2.94 bits per heavy atom. The van der Waals surface area contributed by atoms with Crippen LogP contribution in [-0.4, -0.2) is 29.4 Å². The third kappa shape index (κ3) is 2.43. The fourth-order valence-corrected chi connectivity index (χ4v) is 2.21. The highest BCUT2D eigenvalue weighted by atomic mass is 79.9. The van der Waals surface area contributed by atoms with Gasteiger partial charge in [0.1, 0.15) is 10.3 Å². The second-order valence-electron chi connectivity index (χ2n) is 3.99. The summed E-state index contributed by atoms with van der Waals surface area (Å²) < 4.78 is 0.663. The zero-order valence-corrected chi connectivity index (χ0v) is 11.6. The van der Waals surface area contributed by atoms with Crippen LogP contribution in [0.2, 0.25) is 0 Å². The van der Waals surface area contributed by atoms with Crippen molar-refractivity contribution in [3.63, 3.8) is 0 Å². The van der Waals surface area contributed by atoms with Gasteiger partial charge in [-0.2, -0.15) is 0 Å². The van der Waals surface area contributed by atoms with Gasteiger partial charge in [0.25, 0.3) is 5.91 Å². The number of nitrogens with zero attached hydrogens (tertiary/aromatic N) is 2. The third-order valence-electron chi connectivity index (χ3n) is 2.66. The molecule has 0 fully saturated rings. The van der Waals surface area contributed by atoms with Gasteiger partial charge in [0.15, 0.2) is 0 Å². The minimum absolute atomic E-state index is 0.104. The molecule has 0 aliphatic rings. The van der Waals surface area contributed by atoms with Gasteiger partial charge < -0.3 is 4.90 Å². The van der Waals surface area contributed by atoms with E-state index in [1.807, 2.05) is 30.3 Å². The lowest BCUT2D eigenvalue weighted by atomic mass is 10.1. The van der Waals surface area contributed by atoms with Crippen LogP contribution in [0.25, 0.3) is 10.8 Å². The molecule has 1 aromatic carbocycles. The lowest BCUT2D eigenvalue weighted by molar-refractivity contribution is 0.0806. The number of likely N-dealkylation sites (N-methyl/N-ethyl adjacent to an activating group) is 1. The van der Waals surface area contributed by atoms with Crippen LogP contribution in [0.3, 0.4) is 0 Å². The Kier molecular flexibility index (Phi) is 3.77. The van der Waals surface area contributed by atoms with E-state index >= 15 is 0 Å². The zero-order valence-electron chi connectivity index (χ0n) is 10.1. The van der Waals surface area contributed by atoms with Gasteiger partial charge in [-0.1, -0.05) is 30.3 Å². The van der Waals surface area contributed by atoms with Crippen molar-refractivity contribution in [3.8, 4) is 0 Å². The number of carbonyl (C=O) groups excluding carboxylic acids is 1. The van der Waals surface area contributed by atoms with E-state index in [1.54, 1.807) is 18.0 Å². The average molecular weight is 305 g/mol. The van der Waals surface area contributed by atoms with Crippen molar-refractivity contribution in [2.45, 2.75) is 0 Å². The maximum absolute atomic E-state index is 12.3. The molecular weight excluding hydrogens is 292 g/mol. The van der Waals surface area contributed by atoms with Crippen molar-refractivity contribution in [2.24, 2.45) is 0 Å². The zero-order chi connectivity index (χ0) is 13.1. The van der Waals surface area contributed by atoms with Crippen molar-refractivity contribution in [3.05, 3.63) is 53.3 Å². The Hall–Kier alpha value is -1.68. The van der Waals surface area contributed by atoms with E-state index in [-0.39, 0.29) is 5.91 Å². The molecule has 1 amide bonds. The lowest BCUT2D eigenvalue weighted by Gasteiger charge is -2.15. The van der Waals surface area contributed by atoms with E-state index in [2.05, 4.69) is 27.5 Å². The van der Waals surface area contributed by atoms with Gasteiger partial charge >= 0.3 is 0 Å². The van der Waals surface area contributed by atoms with Crippen LogP contribution in [0.15, 0.2) is 47.6 Å². The van der Waals surface area contributed by atoms with Crippen LogP contribution in [0.1, 0.15) is 10.5 Å². The number of hydrogen-bond acceptors (Lipinski definition) is 2. The SMILES string of the molecule is C=CCN(C)C(=O)c1nc(Br)cc2ccccc12. The van der Waals surface area contributed by atoms with Gasteiger partial charge in [0, 0.05) is 19.0 Å². The van der Waals surface area contributed by atoms with E-state index in [9.17, 15) is 4.79 Å². The van der Waals surface area contributed by atoms with Crippen LogP contribution >= 0.6 is 15.9 Å². The van der Waals surface area contributed by atoms with Gasteiger partial charge in [-0.05, 0) is 27.4 Å². The first-order valence-electron chi connectivity index (χ1n) is 5.55. The summed E-state index contributed by atoms with van der Waals surface area (Å²) in [6, 6.07) is 9.62. The molecule has 0 bridgehead atoms. The first-order chi connectivity index (χ1) is 8.63. The minimum atomic E-state index is -0.104. The summed E-state index contributed by atoms with van der Waals surface area (Å²) in [5.74, 6) is -0.104. The van der Waals surface area contributed by atoms with Gasteiger partial charge in [0.05, 0.1) is 0 Å². The number of fused-ring (bicyclic) bond motifs is 1. The summed E-state index contributed by atoms with van der Waals surface area (Å²) >= 11 is 3.34. The minimum Gasteiger partial charge on any atom is -0.337 e. The Morgan fingerprint density at radius 2 is 2.22 bits per heavy atom. The fourth-order valence-electron chi connectivity index (χ4n) is 1.79. The average Bonchev–Trinajstić information content (AvgIpc) is 2.37. The standard InChI is InChI=1S/C14H13BrN2O/c1-3-8-17(2)14(18)13-11-7-5-4-6-10(11)9-12(15)16-13/h3-7,9H,1,8H2,2H3. The van der Waals surface area contributed by atoms with Crippen LogP contribution in [0.4, 0.5) is 0 Å². The fraction of sp³-hybridized carbons (Fsp3) is 0.143. The molecule has 0 unspecified atom stereocenters. The van der Waals surface area contributed by atoms with E-state index in [1.165, 1.54) is 0 Å². The molecule has 1 aromatic heterocycles. The molecule has 3 nitrogen and oxygen atoms in total. The van der Waals surface area contributed by atoms with E-state index < -0.39 is 0 Å². The van der Waals surface area contributed by atoms with Gasteiger partial charge in [-0.3, -0.25) is 4.79 Å². The number of benzene rings is 1.